The first-order valence-corrected chi connectivity index (χ1v) is 8.27. The van der Waals surface area contributed by atoms with Crippen molar-refractivity contribution in [2.45, 2.75) is 12.5 Å². The quantitative estimate of drug-likeness (QED) is 0.370. The lowest BCUT2D eigenvalue weighted by molar-refractivity contribution is -0.384. The number of non-ortho nitro benzene ring substituents is 1. The van der Waals surface area contributed by atoms with Gasteiger partial charge in [0.1, 0.15) is 0 Å². The van der Waals surface area contributed by atoms with E-state index in [1.165, 1.54) is 12.1 Å². The Kier molecular flexibility index (Phi) is 5.39. The van der Waals surface area contributed by atoms with Gasteiger partial charge in [-0.3, -0.25) is 14.9 Å². The Morgan fingerprint density at radius 3 is 2.04 bits per heavy atom. The number of nitrogens with zero attached hydrogens (tertiary/aromatic N) is 1. The van der Waals surface area contributed by atoms with Crippen LogP contribution in [0.3, 0.4) is 0 Å². The first-order chi connectivity index (χ1) is 12.6. The number of ketones is 1. The highest BCUT2D eigenvalue weighted by Crippen LogP contribution is 2.25. The maximum atomic E-state index is 12.6. The van der Waals surface area contributed by atoms with Crippen molar-refractivity contribution in [1.29, 1.82) is 0 Å². The lowest BCUT2D eigenvalue weighted by Crippen LogP contribution is -2.15. The molecule has 1 N–H and O–H groups in total. The minimum atomic E-state index is -0.433. The van der Waals surface area contributed by atoms with Gasteiger partial charge >= 0.3 is 0 Å². The summed E-state index contributed by atoms with van der Waals surface area (Å²) in [5.74, 6) is 0.0360. The summed E-state index contributed by atoms with van der Waals surface area (Å²) in [5.41, 5.74) is 2.41. The molecule has 1 unspecified atom stereocenters. The zero-order valence-electron chi connectivity index (χ0n) is 14.0. The minimum Gasteiger partial charge on any atom is -0.378 e. The Balaban J connectivity index is 1.82. The summed E-state index contributed by atoms with van der Waals surface area (Å²) in [7, 11) is 0. The molecule has 5 heteroatoms. The molecular weight excluding hydrogens is 328 g/mol. The fraction of sp³-hybridized carbons (Fsp3) is 0.0952. The van der Waals surface area contributed by atoms with E-state index in [-0.39, 0.29) is 23.9 Å². The van der Waals surface area contributed by atoms with Crippen molar-refractivity contribution >= 4 is 17.2 Å². The third kappa shape index (κ3) is 4.33. The lowest BCUT2D eigenvalue weighted by Gasteiger charge is -2.20. The van der Waals surface area contributed by atoms with Crippen LogP contribution in [-0.4, -0.2) is 10.7 Å². The van der Waals surface area contributed by atoms with Gasteiger partial charge in [0.15, 0.2) is 5.78 Å². The molecule has 3 rings (SSSR count). The van der Waals surface area contributed by atoms with Crippen molar-refractivity contribution in [2.75, 3.05) is 5.32 Å². The number of nitro benzene ring substituents is 1. The summed E-state index contributed by atoms with van der Waals surface area (Å²) in [4.78, 5) is 23.0. The molecule has 3 aromatic carbocycles. The number of nitro groups is 1. The molecule has 130 valence electrons. The maximum Gasteiger partial charge on any atom is 0.269 e. The average molecular weight is 346 g/mol. The number of nitrogens with one attached hydrogen (secondary N) is 1. The van der Waals surface area contributed by atoms with Crippen molar-refractivity contribution in [3.63, 3.8) is 0 Å². The first-order valence-electron chi connectivity index (χ1n) is 8.27. The third-order valence-electron chi connectivity index (χ3n) is 4.11. The van der Waals surface area contributed by atoms with Crippen LogP contribution in [-0.2, 0) is 0 Å². The van der Waals surface area contributed by atoms with E-state index in [0.717, 1.165) is 11.3 Å². The number of anilines is 1. The first kappa shape index (κ1) is 17.4. The molecule has 0 spiro atoms. The number of Topliss-reactive ketones (excluding diaryl/α,β-unsaturated/α-hetero) is 1. The SMILES string of the molecule is O=C(CC(Nc1ccc([N+](=O)[O-])cc1)c1ccccc1)c1ccccc1. The monoisotopic (exact) mass is 346 g/mol. The molecule has 0 radical (unpaired) electrons. The van der Waals surface area contributed by atoms with Crippen molar-refractivity contribution in [3.8, 4) is 0 Å². The second-order valence-corrected chi connectivity index (χ2v) is 5.90. The molecule has 0 aliphatic carbocycles. The normalized spacial score (nSPS) is 11.5. The van der Waals surface area contributed by atoms with E-state index in [4.69, 9.17) is 0 Å². The summed E-state index contributed by atoms with van der Waals surface area (Å²) in [6.07, 6.45) is 0.283. The van der Waals surface area contributed by atoms with Gasteiger partial charge < -0.3 is 5.32 Å². The summed E-state index contributed by atoms with van der Waals surface area (Å²) >= 11 is 0. The summed E-state index contributed by atoms with van der Waals surface area (Å²) < 4.78 is 0. The second-order valence-electron chi connectivity index (χ2n) is 5.90. The molecule has 0 aliphatic rings. The van der Waals surface area contributed by atoms with E-state index in [9.17, 15) is 14.9 Å². The van der Waals surface area contributed by atoms with Gasteiger partial charge in [-0.1, -0.05) is 60.7 Å². The van der Waals surface area contributed by atoms with Crippen LogP contribution in [0.15, 0.2) is 84.9 Å². The van der Waals surface area contributed by atoms with E-state index < -0.39 is 4.92 Å². The Labute approximate surface area is 151 Å². The fourth-order valence-corrected chi connectivity index (χ4v) is 2.75. The summed E-state index contributed by atoms with van der Waals surface area (Å²) in [6.45, 7) is 0. The number of benzene rings is 3. The van der Waals surface area contributed by atoms with Crippen LogP contribution in [0.5, 0.6) is 0 Å². The number of rotatable bonds is 7. The van der Waals surface area contributed by atoms with Crippen molar-refractivity contribution in [3.05, 3.63) is 106 Å². The standard InChI is InChI=1S/C21H18N2O3/c24-21(17-9-5-2-6-10-17)15-20(16-7-3-1-4-8-16)22-18-11-13-19(14-12-18)23(25)26/h1-14,20,22H,15H2. The van der Waals surface area contributed by atoms with E-state index in [1.54, 1.807) is 24.3 Å². The zero-order chi connectivity index (χ0) is 18.4. The van der Waals surface area contributed by atoms with Crippen molar-refractivity contribution in [2.24, 2.45) is 0 Å². The summed E-state index contributed by atoms with van der Waals surface area (Å²) in [5, 5.41) is 14.1. The van der Waals surface area contributed by atoms with Gasteiger partial charge in [-0.25, -0.2) is 0 Å². The fourth-order valence-electron chi connectivity index (χ4n) is 2.75. The molecule has 0 aromatic heterocycles. The number of hydrogen-bond acceptors (Lipinski definition) is 4. The molecular formula is C21H18N2O3. The van der Waals surface area contributed by atoms with Crippen LogP contribution in [0.1, 0.15) is 28.4 Å². The maximum absolute atomic E-state index is 12.6. The molecule has 5 nitrogen and oxygen atoms in total. The smallest absolute Gasteiger partial charge is 0.269 e. The van der Waals surface area contributed by atoms with Crippen LogP contribution in [0.4, 0.5) is 11.4 Å². The van der Waals surface area contributed by atoms with Gasteiger partial charge in [-0.2, -0.15) is 0 Å². The van der Waals surface area contributed by atoms with Crippen molar-refractivity contribution in [1.82, 2.24) is 0 Å². The van der Waals surface area contributed by atoms with Crippen LogP contribution in [0.2, 0.25) is 0 Å². The Hall–Kier alpha value is -3.47. The van der Waals surface area contributed by atoms with Crippen molar-refractivity contribution < 1.29 is 9.72 Å². The Morgan fingerprint density at radius 1 is 0.885 bits per heavy atom. The third-order valence-corrected chi connectivity index (χ3v) is 4.11. The molecule has 26 heavy (non-hydrogen) atoms. The van der Waals surface area contributed by atoms with E-state index in [1.807, 2.05) is 48.5 Å². The molecule has 0 fully saturated rings. The van der Waals surface area contributed by atoms with Crippen LogP contribution in [0, 0.1) is 10.1 Å². The van der Waals surface area contributed by atoms with Gasteiger partial charge in [0.05, 0.1) is 11.0 Å². The van der Waals surface area contributed by atoms with E-state index >= 15 is 0 Å². The van der Waals surface area contributed by atoms with E-state index in [2.05, 4.69) is 5.32 Å². The van der Waals surface area contributed by atoms with Gasteiger partial charge in [-0.05, 0) is 17.7 Å². The molecule has 0 heterocycles. The van der Waals surface area contributed by atoms with Gasteiger partial charge in [0.25, 0.3) is 5.69 Å². The molecule has 0 saturated carbocycles. The van der Waals surface area contributed by atoms with E-state index in [0.29, 0.717) is 5.56 Å². The number of hydrogen-bond donors (Lipinski definition) is 1. The highest BCUT2D eigenvalue weighted by molar-refractivity contribution is 5.96. The topological polar surface area (TPSA) is 72.2 Å². The molecule has 0 aliphatic heterocycles. The number of carbonyl (C=O) groups is 1. The Morgan fingerprint density at radius 2 is 1.46 bits per heavy atom. The second kappa shape index (κ2) is 8.07. The van der Waals surface area contributed by atoms with Crippen LogP contribution in [0.25, 0.3) is 0 Å². The highest BCUT2D eigenvalue weighted by Gasteiger charge is 2.17. The summed E-state index contributed by atoms with van der Waals surface area (Å²) in [6, 6.07) is 24.8. The van der Waals surface area contributed by atoms with Crippen LogP contribution < -0.4 is 5.32 Å². The predicted molar refractivity (Wildman–Crippen MR) is 101 cm³/mol. The van der Waals surface area contributed by atoms with Gasteiger partial charge in [0, 0.05) is 29.8 Å². The molecule has 0 saturated heterocycles. The molecule has 1 atom stereocenters. The molecule has 0 bridgehead atoms. The molecule has 0 amide bonds. The highest BCUT2D eigenvalue weighted by atomic mass is 16.6. The van der Waals surface area contributed by atoms with Gasteiger partial charge in [-0.15, -0.1) is 0 Å². The predicted octanol–water partition coefficient (Wildman–Crippen LogP) is 5.02. The molecule has 3 aromatic rings. The minimum absolute atomic E-state index is 0.0344. The lowest BCUT2D eigenvalue weighted by atomic mass is 9.97. The zero-order valence-corrected chi connectivity index (χ0v) is 14.0. The largest absolute Gasteiger partial charge is 0.378 e. The van der Waals surface area contributed by atoms with Gasteiger partial charge in [0.2, 0.25) is 0 Å². The average Bonchev–Trinajstić information content (AvgIpc) is 2.69. The van der Waals surface area contributed by atoms with Crippen LogP contribution >= 0.6 is 0 Å². The Bertz CT molecular complexity index is 878. The number of carbonyl (C=O) groups excluding carboxylic acids is 1.